The number of aryl methyl sites for hydroxylation is 1. The summed E-state index contributed by atoms with van der Waals surface area (Å²) in [4.78, 5) is 13.7. The molecule has 1 aromatic carbocycles. The number of carbonyl (C=O) groups is 1. The number of amides is 1. The zero-order valence-corrected chi connectivity index (χ0v) is 8.29. The van der Waals surface area contributed by atoms with Crippen molar-refractivity contribution in [1.29, 1.82) is 0 Å². The van der Waals surface area contributed by atoms with Gasteiger partial charge in [0.1, 0.15) is 0 Å². The van der Waals surface area contributed by atoms with E-state index in [4.69, 9.17) is 5.73 Å². The van der Waals surface area contributed by atoms with Gasteiger partial charge in [-0.3, -0.25) is 4.79 Å². The number of anilines is 1. The fraction of sp³-hybridized carbons (Fsp3) is 0.364. The maximum Gasteiger partial charge on any atom is 0.255 e. The molecular weight excluding hydrogens is 176 g/mol. The minimum absolute atomic E-state index is 0.0671. The lowest BCUT2D eigenvalue weighted by Gasteiger charge is -2.31. The summed E-state index contributed by atoms with van der Waals surface area (Å²) in [6.07, 6.45) is 1.11. The molecule has 0 bridgehead atoms. The maximum absolute atomic E-state index is 11.8. The van der Waals surface area contributed by atoms with Gasteiger partial charge in [-0.2, -0.15) is 0 Å². The van der Waals surface area contributed by atoms with Gasteiger partial charge >= 0.3 is 0 Å². The van der Waals surface area contributed by atoms with Crippen molar-refractivity contribution >= 4 is 11.6 Å². The SMILES string of the molecule is Cc1ccc(N)c(C(=O)N2CCC2)c1. The highest BCUT2D eigenvalue weighted by molar-refractivity contribution is 5.99. The van der Waals surface area contributed by atoms with E-state index < -0.39 is 0 Å². The number of nitrogens with two attached hydrogens (primary N) is 1. The van der Waals surface area contributed by atoms with Crippen LogP contribution in [-0.4, -0.2) is 23.9 Å². The third kappa shape index (κ3) is 1.45. The first-order valence-electron chi connectivity index (χ1n) is 4.84. The van der Waals surface area contributed by atoms with Gasteiger partial charge in [0.05, 0.1) is 5.56 Å². The standard InChI is InChI=1S/C11H14N2O/c1-8-3-4-10(12)9(7-8)11(14)13-5-2-6-13/h3-4,7H,2,5-6,12H2,1H3. The summed E-state index contributed by atoms with van der Waals surface area (Å²) >= 11 is 0. The molecule has 0 saturated carbocycles. The van der Waals surface area contributed by atoms with Crippen LogP contribution in [0.15, 0.2) is 18.2 Å². The van der Waals surface area contributed by atoms with Gasteiger partial charge in [0.2, 0.25) is 0 Å². The van der Waals surface area contributed by atoms with E-state index in [0.29, 0.717) is 11.3 Å². The molecule has 2 rings (SSSR count). The third-order valence-electron chi connectivity index (χ3n) is 2.58. The lowest BCUT2D eigenvalue weighted by molar-refractivity contribution is 0.0653. The molecule has 14 heavy (non-hydrogen) atoms. The quantitative estimate of drug-likeness (QED) is 0.681. The van der Waals surface area contributed by atoms with Gasteiger partial charge in [0.15, 0.2) is 0 Å². The average Bonchev–Trinajstić information content (AvgIpc) is 2.06. The van der Waals surface area contributed by atoms with E-state index in [-0.39, 0.29) is 5.91 Å². The van der Waals surface area contributed by atoms with Gasteiger partial charge in [-0.15, -0.1) is 0 Å². The Labute approximate surface area is 83.5 Å². The van der Waals surface area contributed by atoms with Crippen LogP contribution in [0.1, 0.15) is 22.3 Å². The Morgan fingerprint density at radius 2 is 2.14 bits per heavy atom. The fourth-order valence-electron chi connectivity index (χ4n) is 1.54. The van der Waals surface area contributed by atoms with Crippen molar-refractivity contribution in [3.8, 4) is 0 Å². The number of rotatable bonds is 1. The number of nitrogens with zero attached hydrogens (tertiary/aromatic N) is 1. The molecule has 1 aliphatic rings. The van der Waals surface area contributed by atoms with E-state index in [0.717, 1.165) is 25.1 Å². The molecule has 0 unspecified atom stereocenters. The van der Waals surface area contributed by atoms with Crippen LogP contribution in [0.3, 0.4) is 0 Å². The van der Waals surface area contributed by atoms with Gasteiger partial charge in [-0.1, -0.05) is 11.6 Å². The van der Waals surface area contributed by atoms with Crippen LogP contribution < -0.4 is 5.73 Å². The molecule has 0 spiro atoms. The largest absolute Gasteiger partial charge is 0.398 e. The number of hydrogen-bond donors (Lipinski definition) is 1. The molecule has 1 fully saturated rings. The van der Waals surface area contributed by atoms with E-state index in [9.17, 15) is 4.79 Å². The lowest BCUT2D eigenvalue weighted by Crippen LogP contribution is -2.42. The van der Waals surface area contributed by atoms with E-state index in [1.165, 1.54) is 0 Å². The lowest BCUT2D eigenvalue weighted by atomic mass is 10.1. The zero-order valence-electron chi connectivity index (χ0n) is 8.29. The Balaban J connectivity index is 2.29. The molecule has 74 valence electrons. The highest BCUT2D eigenvalue weighted by atomic mass is 16.2. The molecule has 3 heteroatoms. The van der Waals surface area contributed by atoms with Crippen molar-refractivity contribution in [1.82, 2.24) is 4.90 Å². The Hall–Kier alpha value is -1.51. The van der Waals surface area contributed by atoms with Gasteiger partial charge in [0.25, 0.3) is 5.91 Å². The van der Waals surface area contributed by atoms with E-state index in [1.54, 1.807) is 6.07 Å². The van der Waals surface area contributed by atoms with Crippen molar-refractivity contribution in [2.75, 3.05) is 18.8 Å². The highest BCUT2D eigenvalue weighted by Crippen LogP contribution is 2.19. The maximum atomic E-state index is 11.8. The molecule has 3 nitrogen and oxygen atoms in total. The second-order valence-electron chi connectivity index (χ2n) is 3.74. The minimum Gasteiger partial charge on any atom is -0.398 e. The second-order valence-corrected chi connectivity index (χ2v) is 3.74. The summed E-state index contributed by atoms with van der Waals surface area (Å²) in [6, 6.07) is 5.57. The van der Waals surface area contributed by atoms with Crippen molar-refractivity contribution in [2.24, 2.45) is 0 Å². The van der Waals surface area contributed by atoms with Gasteiger partial charge in [-0.25, -0.2) is 0 Å². The van der Waals surface area contributed by atoms with Crippen molar-refractivity contribution in [2.45, 2.75) is 13.3 Å². The molecule has 0 radical (unpaired) electrons. The molecule has 0 aromatic heterocycles. The van der Waals surface area contributed by atoms with Gasteiger partial charge < -0.3 is 10.6 Å². The van der Waals surface area contributed by atoms with Crippen LogP contribution in [0.4, 0.5) is 5.69 Å². The van der Waals surface area contributed by atoms with Crippen LogP contribution in [0.25, 0.3) is 0 Å². The Kier molecular flexibility index (Phi) is 2.15. The van der Waals surface area contributed by atoms with Gasteiger partial charge in [0, 0.05) is 18.8 Å². The van der Waals surface area contributed by atoms with Crippen molar-refractivity contribution in [3.63, 3.8) is 0 Å². The van der Waals surface area contributed by atoms with Crippen LogP contribution in [0, 0.1) is 6.92 Å². The fourth-order valence-corrected chi connectivity index (χ4v) is 1.54. The molecule has 1 aromatic rings. The number of likely N-dealkylation sites (tertiary alicyclic amines) is 1. The van der Waals surface area contributed by atoms with Crippen LogP contribution in [-0.2, 0) is 0 Å². The first kappa shape index (κ1) is 9.06. The smallest absolute Gasteiger partial charge is 0.255 e. The minimum atomic E-state index is 0.0671. The highest BCUT2D eigenvalue weighted by Gasteiger charge is 2.22. The molecular formula is C11H14N2O. The summed E-state index contributed by atoms with van der Waals surface area (Å²) in [5, 5.41) is 0. The predicted octanol–water partition coefficient (Wildman–Crippen LogP) is 1.42. The monoisotopic (exact) mass is 190 g/mol. The molecule has 0 atom stereocenters. The van der Waals surface area contributed by atoms with E-state index in [2.05, 4.69) is 0 Å². The zero-order chi connectivity index (χ0) is 10.1. The van der Waals surface area contributed by atoms with Crippen molar-refractivity contribution in [3.05, 3.63) is 29.3 Å². The summed E-state index contributed by atoms with van der Waals surface area (Å²) < 4.78 is 0. The average molecular weight is 190 g/mol. The first-order chi connectivity index (χ1) is 6.68. The van der Waals surface area contributed by atoms with Gasteiger partial charge in [-0.05, 0) is 25.5 Å². The number of carbonyl (C=O) groups excluding carboxylic acids is 1. The van der Waals surface area contributed by atoms with Crippen LogP contribution in [0.5, 0.6) is 0 Å². The molecule has 1 heterocycles. The summed E-state index contributed by atoms with van der Waals surface area (Å²) in [5.41, 5.74) is 8.05. The third-order valence-corrected chi connectivity index (χ3v) is 2.58. The van der Waals surface area contributed by atoms with E-state index in [1.807, 2.05) is 24.0 Å². The molecule has 1 aliphatic heterocycles. The van der Waals surface area contributed by atoms with Crippen molar-refractivity contribution < 1.29 is 4.79 Å². The summed E-state index contributed by atoms with van der Waals surface area (Å²) in [7, 11) is 0. The number of nitrogen functional groups attached to an aromatic ring is 1. The normalized spacial score (nSPS) is 15.1. The Morgan fingerprint density at radius 1 is 1.43 bits per heavy atom. The van der Waals surface area contributed by atoms with Crippen LogP contribution in [0.2, 0.25) is 0 Å². The Morgan fingerprint density at radius 3 is 2.71 bits per heavy atom. The Bertz CT molecular complexity index is 370. The van der Waals surface area contributed by atoms with E-state index >= 15 is 0 Å². The summed E-state index contributed by atoms with van der Waals surface area (Å²) in [6.45, 7) is 3.70. The molecule has 2 N–H and O–H groups in total. The first-order valence-corrected chi connectivity index (χ1v) is 4.84. The van der Waals surface area contributed by atoms with Crippen LogP contribution >= 0.6 is 0 Å². The second kappa shape index (κ2) is 3.33. The molecule has 0 aliphatic carbocycles. The molecule has 1 amide bonds. The predicted molar refractivity (Wildman–Crippen MR) is 56.1 cm³/mol. The molecule has 1 saturated heterocycles. The summed E-state index contributed by atoms with van der Waals surface area (Å²) in [5.74, 6) is 0.0671. The number of benzene rings is 1. The topological polar surface area (TPSA) is 46.3 Å². The number of hydrogen-bond acceptors (Lipinski definition) is 2.